The zero-order valence-electron chi connectivity index (χ0n) is 16.7. The lowest BCUT2D eigenvalue weighted by atomic mass is 10.1. The van der Waals surface area contributed by atoms with Gasteiger partial charge in [0, 0.05) is 54.7 Å². The maximum absolute atomic E-state index is 13.1. The maximum Gasteiger partial charge on any atom is 0.254 e. The summed E-state index contributed by atoms with van der Waals surface area (Å²) in [5, 5.41) is 7.90. The number of nitrogens with zero attached hydrogens (tertiary/aromatic N) is 4. The monoisotopic (exact) mass is 438 g/mol. The van der Waals surface area contributed by atoms with Gasteiger partial charge in [-0.3, -0.25) is 14.4 Å². The van der Waals surface area contributed by atoms with Crippen LogP contribution in [0.5, 0.6) is 0 Å². The smallest absolute Gasteiger partial charge is 0.254 e. The van der Waals surface area contributed by atoms with Gasteiger partial charge in [-0.05, 0) is 31.0 Å². The second kappa shape index (κ2) is 9.52. The molecule has 4 rings (SSSR count). The highest BCUT2D eigenvalue weighted by molar-refractivity contribution is 7.13. The van der Waals surface area contributed by atoms with E-state index < -0.39 is 6.04 Å². The summed E-state index contributed by atoms with van der Waals surface area (Å²) in [5.74, 6) is -0.615. The molecule has 9 nitrogen and oxygen atoms in total. The number of aromatic nitrogens is 3. The number of likely N-dealkylation sites (tertiary alicyclic amines) is 1. The average Bonchev–Trinajstić information content (AvgIpc) is 3.54. The molecule has 1 atom stereocenters. The lowest BCUT2D eigenvalue weighted by Crippen LogP contribution is -2.43. The number of hydrogen-bond donors (Lipinski definition) is 2. The maximum atomic E-state index is 13.1. The standard InChI is InChI=1S/C21H22N6O3S/c28-18(6-10-26-11-7-22-14-26)24-16-4-1-3-15(13-16)20(30)27-9-2-5-17(27)19(29)25-21-23-8-12-31-21/h1,3-4,7-8,11-14,17H,2,5-6,9-10H2,(H,24,28)(H,23,25,29). The van der Waals surface area contributed by atoms with Crippen LogP contribution in [0.1, 0.15) is 29.6 Å². The van der Waals surface area contributed by atoms with Crippen molar-refractivity contribution < 1.29 is 14.4 Å². The van der Waals surface area contributed by atoms with Crippen LogP contribution in [-0.2, 0) is 16.1 Å². The number of aryl methyl sites for hydroxylation is 1. The number of nitrogens with one attached hydrogen (secondary N) is 2. The van der Waals surface area contributed by atoms with Crippen molar-refractivity contribution in [3.8, 4) is 0 Å². The molecule has 1 fully saturated rings. The molecule has 2 aromatic heterocycles. The normalized spacial score (nSPS) is 15.6. The third-order valence-corrected chi connectivity index (χ3v) is 5.72. The second-order valence-electron chi connectivity index (χ2n) is 7.16. The summed E-state index contributed by atoms with van der Waals surface area (Å²) in [4.78, 5) is 47.6. The Kier molecular flexibility index (Phi) is 6.37. The third kappa shape index (κ3) is 5.15. The summed E-state index contributed by atoms with van der Waals surface area (Å²) in [6, 6.07) is 6.26. The third-order valence-electron chi connectivity index (χ3n) is 5.03. The summed E-state index contributed by atoms with van der Waals surface area (Å²) in [5.41, 5.74) is 0.978. The van der Waals surface area contributed by atoms with E-state index in [-0.39, 0.29) is 17.7 Å². The van der Waals surface area contributed by atoms with Crippen molar-refractivity contribution in [3.63, 3.8) is 0 Å². The Morgan fingerprint density at radius 2 is 2.10 bits per heavy atom. The minimum Gasteiger partial charge on any atom is -0.337 e. The van der Waals surface area contributed by atoms with E-state index in [2.05, 4.69) is 20.6 Å². The van der Waals surface area contributed by atoms with Crippen LogP contribution in [0.2, 0.25) is 0 Å². The van der Waals surface area contributed by atoms with Gasteiger partial charge < -0.3 is 20.1 Å². The molecule has 1 aliphatic heterocycles. The molecular weight excluding hydrogens is 416 g/mol. The number of carbonyl (C=O) groups is 3. The molecule has 3 aromatic rings. The zero-order valence-corrected chi connectivity index (χ0v) is 17.5. The predicted octanol–water partition coefficient (Wildman–Crippen LogP) is 2.61. The first-order valence-corrected chi connectivity index (χ1v) is 10.8. The molecule has 2 N–H and O–H groups in total. The number of benzene rings is 1. The molecule has 3 amide bonds. The molecule has 1 aliphatic rings. The quantitative estimate of drug-likeness (QED) is 0.589. The predicted molar refractivity (Wildman–Crippen MR) is 117 cm³/mol. The number of anilines is 2. The minimum atomic E-state index is -0.537. The van der Waals surface area contributed by atoms with Gasteiger partial charge in [-0.1, -0.05) is 6.07 Å². The fourth-order valence-corrected chi connectivity index (χ4v) is 4.06. The second-order valence-corrected chi connectivity index (χ2v) is 8.06. The zero-order chi connectivity index (χ0) is 21.6. The Bertz CT molecular complexity index is 1050. The molecule has 1 unspecified atom stereocenters. The fraction of sp³-hybridized carbons (Fsp3) is 0.286. The Balaban J connectivity index is 1.38. The van der Waals surface area contributed by atoms with E-state index >= 15 is 0 Å². The van der Waals surface area contributed by atoms with Gasteiger partial charge in [0.1, 0.15) is 6.04 Å². The van der Waals surface area contributed by atoms with Crippen molar-refractivity contribution in [3.05, 3.63) is 60.1 Å². The van der Waals surface area contributed by atoms with Crippen LogP contribution in [0, 0.1) is 0 Å². The van der Waals surface area contributed by atoms with E-state index in [0.29, 0.717) is 42.3 Å². The van der Waals surface area contributed by atoms with E-state index in [1.54, 1.807) is 59.5 Å². The van der Waals surface area contributed by atoms with E-state index in [1.165, 1.54) is 11.3 Å². The minimum absolute atomic E-state index is 0.153. The first kappa shape index (κ1) is 20.7. The number of thiazole rings is 1. The van der Waals surface area contributed by atoms with Crippen LogP contribution >= 0.6 is 11.3 Å². The van der Waals surface area contributed by atoms with Gasteiger partial charge in [-0.2, -0.15) is 0 Å². The molecule has 1 aromatic carbocycles. The average molecular weight is 439 g/mol. The van der Waals surface area contributed by atoms with E-state index in [9.17, 15) is 14.4 Å². The number of carbonyl (C=O) groups excluding carboxylic acids is 3. The summed E-state index contributed by atoms with van der Waals surface area (Å²) < 4.78 is 1.82. The van der Waals surface area contributed by atoms with Gasteiger partial charge in [-0.15, -0.1) is 11.3 Å². The number of rotatable bonds is 7. The van der Waals surface area contributed by atoms with E-state index in [4.69, 9.17) is 0 Å². The highest BCUT2D eigenvalue weighted by atomic mass is 32.1. The van der Waals surface area contributed by atoms with Crippen LogP contribution in [-0.4, -0.2) is 49.7 Å². The molecule has 0 radical (unpaired) electrons. The van der Waals surface area contributed by atoms with Gasteiger partial charge in [0.2, 0.25) is 11.8 Å². The first-order valence-electron chi connectivity index (χ1n) is 9.97. The molecule has 0 saturated carbocycles. The van der Waals surface area contributed by atoms with Crippen LogP contribution in [0.15, 0.2) is 54.6 Å². The Labute approximate surface area is 183 Å². The van der Waals surface area contributed by atoms with Crippen molar-refractivity contribution >= 4 is 39.9 Å². The van der Waals surface area contributed by atoms with Gasteiger partial charge in [0.25, 0.3) is 5.91 Å². The van der Waals surface area contributed by atoms with Crippen molar-refractivity contribution in [2.45, 2.75) is 31.8 Å². The molecule has 10 heteroatoms. The molecule has 1 saturated heterocycles. The van der Waals surface area contributed by atoms with Crippen LogP contribution in [0.4, 0.5) is 10.8 Å². The molecule has 31 heavy (non-hydrogen) atoms. The van der Waals surface area contributed by atoms with Crippen LogP contribution in [0.3, 0.4) is 0 Å². The van der Waals surface area contributed by atoms with Gasteiger partial charge >= 0.3 is 0 Å². The topological polar surface area (TPSA) is 109 Å². The van der Waals surface area contributed by atoms with Gasteiger partial charge in [0.05, 0.1) is 6.33 Å². The van der Waals surface area contributed by atoms with E-state index in [0.717, 1.165) is 6.42 Å². The molecule has 0 aliphatic carbocycles. The lowest BCUT2D eigenvalue weighted by molar-refractivity contribution is -0.119. The van der Waals surface area contributed by atoms with Gasteiger partial charge in [0.15, 0.2) is 5.13 Å². The molecular formula is C21H22N6O3S. The molecule has 160 valence electrons. The molecule has 3 heterocycles. The Morgan fingerprint density at radius 3 is 2.87 bits per heavy atom. The Hall–Kier alpha value is -3.53. The molecule has 0 bridgehead atoms. The fourth-order valence-electron chi connectivity index (χ4n) is 3.53. The lowest BCUT2D eigenvalue weighted by Gasteiger charge is -2.24. The Morgan fingerprint density at radius 1 is 1.19 bits per heavy atom. The number of hydrogen-bond acceptors (Lipinski definition) is 6. The van der Waals surface area contributed by atoms with Crippen molar-refractivity contribution in [1.82, 2.24) is 19.4 Å². The number of imidazole rings is 1. The summed E-state index contributed by atoms with van der Waals surface area (Å²) >= 11 is 1.33. The van der Waals surface area contributed by atoms with Crippen molar-refractivity contribution in [2.75, 3.05) is 17.2 Å². The summed E-state index contributed by atoms with van der Waals surface area (Å²) in [6.07, 6.45) is 8.38. The van der Waals surface area contributed by atoms with Gasteiger partial charge in [-0.25, -0.2) is 9.97 Å². The summed E-state index contributed by atoms with van der Waals surface area (Å²) in [7, 11) is 0. The number of amides is 3. The van der Waals surface area contributed by atoms with Crippen molar-refractivity contribution in [1.29, 1.82) is 0 Å². The van der Waals surface area contributed by atoms with E-state index in [1.807, 2.05) is 4.57 Å². The largest absolute Gasteiger partial charge is 0.337 e. The van der Waals surface area contributed by atoms with Crippen LogP contribution < -0.4 is 10.6 Å². The SMILES string of the molecule is O=C(CCn1ccnc1)Nc1cccc(C(=O)N2CCCC2C(=O)Nc2nccs2)c1. The highest BCUT2D eigenvalue weighted by Crippen LogP contribution is 2.23. The summed E-state index contributed by atoms with van der Waals surface area (Å²) in [6.45, 7) is 1.03. The first-order chi connectivity index (χ1) is 15.1. The molecule has 0 spiro atoms. The van der Waals surface area contributed by atoms with Crippen molar-refractivity contribution in [2.24, 2.45) is 0 Å². The van der Waals surface area contributed by atoms with Crippen LogP contribution in [0.25, 0.3) is 0 Å². The highest BCUT2D eigenvalue weighted by Gasteiger charge is 2.34.